The van der Waals surface area contributed by atoms with Crippen molar-refractivity contribution in [1.82, 2.24) is 9.80 Å². The van der Waals surface area contributed by atoms with Crippen molar-refractivity contribution >= 4 is 23.0 Å². The lowest BCUT2D eigenvalue weighted by Gasteiger charge is -2.36. The third-order valence-corrected chi connectivity index (χ3v) is 5.11. The van der Waals surface area contributed by atoms with E-state index in [1.54, 1.807) is 6.07 Å². The van der Waals surface area contributed by atoms with Gasteiger partial charge in [-0.2, -0.15) is 13.2 Å². The summed E-state index contributed by atoms with van der Waals surface area (Å²) < 4.78 is 44.3. The van der Waals surface area contributed by atoms with E-state index in [9.17, 15) is 13.2 Å². The smallest absolute Gasteiger partial charge is 0.416 e. The zero-order valence-corrected chi connectivity index (χ0v) is 17.0. The molecule has 4 nitrogen and oxygen atoms in total. The molecule has 29 heavy (non-hydrogen) atoms. The molecule has 0 unspecified atom stereocenters. The van der Waals surface area contributed by atoms with Gasteiger partial charge in [0.15, 0.2) is 5.11 Å². The van der Waals surface area contributed by atoms with Crippen LogP contribution >= 0.6 is 12.2 Å². The van der Waals surface area contributed by atoms with E-state index < -0.39 is 11.7 Å². The molecule has 0 spiro atoms. The molecule has 1 fully saturated rings. The van der Waals surface area contributed by atoms with E-state index in [4.69, 9.17) is 17.0 Å². The standard InChI is InChI=1S/C21H24F3N3OS/c1-2-28-19-9-4-3-8-18(19)25-20(29)27-12-10-26(11-13-27)15-16-6-5-7-17(14-16)21(22,23)24/h3-9,14H,2,10-13,15H2,1H3,(H,25,29). The van der Waals surface area contributed by atoms with Crippen molar-refractivity contribution in [1.29, 1.82) is 0 Å². The normalized spacial score (nSPS) is 15.2. The van der Waals surface area contributed by atoms with Gasteiger partial charge in [-0.05, 0) is 42.9 Å². The van der Waals surface area contributed by atoms with Gasteiger partial charge in [-0.3, -0.25) is 4.90 Å². The molecule has 3 rings (SSSR count). The number of anilines is 1. The third-order valence-electron chi connectivity index (χ3n) is 4.75. The van der Waals surface area contributed by atoms with E-state index in [-0.39, 0.29) is 0 Å². The molecular formula is C21H24F3N3OS. The molecular weight excluding hydrogens is 399 g/mol. The predicted molar refractivity (Wildman–Crippen MR) is 112 cm³/mol. The van der Waals surface area contributed by atoms with Crippen molar-refractivity contribution in [2.45, 2.75) is 19.6 Å². The summed E-state index contributed by atoms with van der Waals surface area (Å²) in [6, 6.07) is 13.2. The van der Waals surface area contributed by atoms with Crippen LogP contribution in [0.1, 0.15) is 18.1 Å². The Morgan fingerprint density at radius 3 is 2.48 bits per heavy atom. The van der Waals surface area contributed by atoms with Crippen LogP contribution in [0, 0.1) is 0 Å². The summed E-state index contributed by atoms with van der Waals surface area (Å²) >= 11 is 5.54. The van der Waals surface area contributed by atoms with Gasteiger partial charge in [-0.1, -0.05) is 30.3 Å². The molecule has 0 radical (unpaired) electrons. The molecule has 2 aromatic rings. The summed E-state index contributed by atoms with van der Waals surface area (Å²) in [7, 11) is 0. The average Bonchev–Trinajstić information content (AvgIpc) is 2.70. The Hall–Kier alpha value is -2.32. The molecule has 0 aromatic heterocycles. The first-order chi connectivity index (χ1) is 13.9. The predicted octanol–water partition coefficient (Wildman–Crippen LogP) is 4.62. The maximum atomic E-state index is 12.9. The largest absolute Gasteiger partial charge is 0.492 e. The second-order valence-corrected chi connectivity index (χ2v) is 7.21. The van der Waals surface area contributed by atoms with E-state index in [2.05, 4.69) is 15.1 Å². The van der Waals surface area contributed by atoms with Crippen molar-refractivity contribution in [3.63, 3.8) is 0 Å². The summed E-state index contributed by atoms with van der Waals surface area (Å²) in [4.78, 5) is 4.21. The number of piperazine rings is 1. The first kappa shape index (κ1) is 21.4. The molecule has 8 heteroatoms. The first-order valence-electron chi connectivity index (χ1n) is 9.53. The number of benzene rings is 2. The summed E-state index contributed by atoms with van der Waals surface area (Å²) in [5, 5.41) is 3.86. The summed E-state index contributed by atoms with van der Waals surface area (Å²) in [5.41, 5.74) is 0.886. The molecule has 0 amide bonds. The Balaban J connectivity index is 1.54. The number of halogens is 3. The fraction of sp³-hybridized carbons (Fsp3) is 0.381. The Kier molecular flexibility index (Phi) is 6.97. The lowest BCUT2D eigenvalue weighted by atomic mass is 10.1. The highest BCUT2D eigenvalue weighted by atomic mass is 32.1. The van der Waals surface area contributed by atoms with Crippen molar-refractivity contribution in [2.75, 3.05) is 38.1 Å². The minimum Gasteiger partial charge on any atom is -0.492 e. The number of nitrogens with zero attached hydrogens (tertiary/aromatic N) is 2. The number of para-hydroxylation sites is 2. The van der Waals surface area contributed by atoms with Crippen LogP contribution in [0.5, 0.6) is 5.75 Å². The van der Waals surface area contributed by atoms with E-state index in [0.717, 1.165) is 30.6 Å². The summed E-state index contributed by atoms with van der Waals surface area (Å²) in [6.07, 6.45) is -4.32. The molecule has 1 heterocycles. The molecule has 1 N–H and O–H groups in total. The molecule has 1 aliphatic rings. The van der Waals surface area contributed by atoms with Crippen molar-refractivity contribution in [3.8, 4) is 5.75 Å². The van der Waals surface area contributed by atoms with Crippen molar-refractivity contribution in [3.05, 3.63) is 59.7 Å². The average molecular weight is 424 g/mol. The van der Waals surface area contributed by atoms with Crippen LogP contribution in [0.2, 0.25) is 0 Å². The highest BCUT2D eigenvalue weighted by Crippen LogP contribution is 2.30. The second-order valence-electron chi connectivity index (χ2n) is 6.82. The van der Waals surface area contributed by atoms with Crippen molar-refractivity contribution in [2.24, 2.45) is 0 Å². The number of hydrogen-bond donors (Lipinski definition) is 1. The van der Waals surface area contributed by atoms with Gasteiger partial charge in [0.05, 0.1) is 17.9 Å². The van der Waals surface area contributed by atoms with Gasteiger partial charge in [0.25, 0.3) is 0 Å². The molecule has 2 aromatic carbocycles. The van der Waals surface area contributed by atoms with Gasteiger partial charge in [0.1, 0.15) is 5.75 Å². The van der Waals surface area contributed by atoms with Gasteiger partial charge in [0, 0.05) is 32.7 Å². The Bertz CT molecular complexity index is 836. The number of alkyl halides is 3. The highest BCUT2D eigenvalue weighted by Gasteiger charge is 2.30. The molecule has 0 saturated carbocycles. The summed E-state index contributed by atoms with van der Waals surface area (Å²) in [6.45, 7) is 5.86. The van der Waals surface area contributed by atoms with Crippen LogP contribution in [-0.2, 0) is 12.7 Å². The topological polar surface area (TPSA) is 27.7 Å². The maximum Gasteiger partial charge on any atom is 0.416 e. The molecule has 156 valence electrons. The Morgan fingerprint density at radius 2 is 1.79 bits per heavy atom. The van der Waals surface area contributed by atoms with Gasteiger partial charge >= 0.3 is 6.18 Å². The zero-order valence-electron chi connectivity index (χ0n) is 16.2. The van der Waals surface area contributed by atoms with Crippen LogP contribution in [0.25, 0.3) is 0 Å². The number of nitrogens with one attached hydrogen (secondary N) is 1. The van der Waals surface area contributed by atoms with Gasteiger partial charge in [-0.15, -0.1) is 0 Å². The molecule has 1 aliphatic heterocycles. The minimum atomic E-state index is -4.32. The van der Waals surface area contributed by atoms with Crippen LogP contribution in [-0.4, -0.2) is 47.7 Å². The van der Waals surface area contributed by atoms with E-state index in [0.29, 0.717) is 36.9 Å². The van der Waals surface area contributed by atoms with Gasteiger partial charge in [-0.25, -0.2) is 0 Å². The quantitative estimate of drug-likeness (QED) is 0.709. The third kappa shape index (κ3) is 5.83. The molecule has 1 saturated heterocycles. The fourth-order valence-corrected chi connectivity index (χ4v) is 3.55. The molecule has 0 bridgehead atoms. The number of ether oxygens (including phenoxy) is 1. The first-order valence-corrected chi connectivity index (χ1v) is 9.94. The number of rotatable bonds is 5. The van der Waals surface area contributed by atoms with Crippen LogP contribution in [0.3, 0.4) is 0 Å². The number of hydrogen-bond acceptors (Lipinski definition) is 3. The van der Waals surface area contributed by atoms with Crippen molar-refractivity contribution < 1.29 is 17.9 Å². The Morgan fingerprint density at radius 1 is 1.07 bits per heavy atom. The lowest BCUT2D eigenvalue weighted by Crippen LogP contribution is -2.49. The van der Waals surface area contributed by atoms with E-state index in [1.807, 2.05) is 31.2 Å². The number of thiocarbonyl (C=S) groups is 1. The van der Waals surface area contributed by atoms with Gasteiger partial charge < -0.3 is 15.0 Å². The maximum absolute atomic E-state index is 12.9. The van der Waals surface area contributed by atoms with Crippen LogP contribution in [0.4, 0.5) is 18.9 Å². The summed E-state index contributed by atoms with van der Waals surface area (Å²) in [5.74, 6) is 0.750. The molecule has 0 atom stereocenters. The van der Waals surface area contributed by atoms with E-state index in [1.165, 1.54) is 12.1 Å². The minimum absolute atomic E-state index is 0.491. The Labute approximate surface area is 174 Å². The van der Waals surface area contributed by atoms with Crippen LogP contribution < -0.4 is 10.1 Å². The fourth-order valence-electron chi connectivity index (χ4n) is 3.26. The van der Waals surface area contributed by atoms with Gasteiger partial charge in [0.2, 0.25) is 0 Å². The lowest BCUT2D eigenvalue weighted by molar-refractivity contribution is -0.137. The zero-order chi connectivity index (χ0) is 20.9. The second kappa shape index (κ2) is 9.45. The monoisotopic (exact) mass is 423 g/mol. The SMILES string of the molecule is CCOc1ccccc1NC(=S)N1CCN(Cc2cccc(C(F)(F)F)c2)CC1. The highest BCUT2D eigenvalue weighted by molar-refractivity contribution is 7.80. The van der Waals surface area contributed by atoms with Crippen LogP contribution in [0.15, 0.2) is 48.5 Å². The molecule has 0 aliphatic carbocycles. The van der Waals surface area contributed by atoms with E-state index >= 15 is 0 Å².